The second-order valence-corrected chi connectivity index (χ2v) is 2.01. The third kappa shape index (κ3) is 1.85. The Bertz CT molecular complexity index is 283. The van der Waals surface area contributed by atoms with E-state index in [9.17, 15) is 9.18 Å². The van der Waals surface area contributed by atoms with E-state index >= 15 is 0 Å². The number of nitrogens with two attached hydrogens (primary N) is 1. The van der Waals surface area contributed by atoms with Crippen LogP contribution in [0.4, 0.5) is 10.1 Å². The standard InChI is InChI=1S/C7H6FNO2.ClH/c8-4-2-1-3-5(9)6(4)7(10)11;/h1-3H,9H2,(H,10,11);1H. The van der Waals surface area contributed by atoms with Crippen LogP contribution in [-0.4, -0.2) is 11.1 Å². The molecule has 0 aliphatic carbocycles. The topological polar surface area (TPSA) is 63.3 Å². The first-order valence-corrected chi connectivity index (χ1v) is 2.90. The van der Waals surface area contributed by atoms with Crippen LogP contribution < -0.4 is 5.73 Å². The van der Waals surface area contributed by atoms with Gasteiger partial charge >= 0.3 is 5.97 Å². The summed E-state index contributed by atoms with van der Waals surface area (Å²) < 4.78 is 12.6. The van der Waals surface area contributed by atoms with Crippen molar-refractivity contribution in [3.05, 3.63) is 29.6 Å². The molecular weight excluding hydrogens is 185 g/mol. The molecule has 0 radical (unpaired) electrons. The molecule has 0 unspecified atom stereocenters. The van der Waals surface area contributed by atoms with E-state index in [0.29, 0.717) is 0 Å². The third-order valence-electron chi connectivity index (χ3n) is 1.26. The van der Waals surface area contributed by atoms with Crippen LogP contribution in [0.1, 0.15) is 10.4 Å². The van der Waals surface area contributed by atoms with Crippen LogP contribution in [0.2, 0.25) is 0 Å². The molecular formula is C7H7ClFNO2. The molecule has 66 valence electrons. The zero-order valence-electron chi connectivity index (χ0n) is 5.95. The molecule has 0 atom stereocenters. The fourth-order valence-corrected chi connectivity index (χ4v) is 0.766. The van der Waals surface area contributed by atoms with Crippen molar-refractivity contribution in [2.24, 2.45) is 0 Å². The summed E-state index contributed by atoms with van der Waals surface area (Å²) >= 11 is 0. The highest BCUT2D eigenvalue weighted by atomic mass is 35.5. The predicted molar refractivity (Wildman–Crippen MR) is 45.0 cm³/mol. The number of carboxylic acids is 1. The molecule has 0 heterocycles. The Labute approximate surface area is 74.4 Å². The Morgan fingerprint density at radius 2 is 2.08 bits per heavy atom. The van der Waals surface area contributed by atoms with Crippen LogP contribution in [0.15, 0.2) is 18.2 Å². The van der Waals surface area contributed by atoms with Gasteiger partial charge in [-0.05, 0) is 12.1 Å². The first kappa shape index (κ1) is 10.7. The summed E-state index contributed by atoms with van der Waals surface area (Å²) in [6, 6.07) is 3.75. The Hall–Kier alpha value is -1.29. The molecule has 0 spiro atoms. The molecule has 0 bridgehead atoms. The van der Waals surface area contributed by atoms with Gasteiger partial charge in [-0.15, -0.1) is 12.4 Å². The summed E-state index contributed by atoms with van der Waals surface area (Å²) in [5, 5.41) is 8.43. The van der Waals surface area contributed by atoms with Crippen LogP contribution in [0, 0.1) is 5.82 Å². The van der Waals surface area contributed by atoms with Gasteiger partial charge in [0.25, 0.3) is 0 Å². The molecule has 0 amide bonds. The van der Waals surface area contributed by atoms with Gasteiger partial charge in [0.05, 0.1) is 0 Å². The third-order valence-corrected chi connectivity index (χ3v) is 1.26. The fourth-order valence-electron chi connectivity index (χ4n) is 0.766. The van der Waals surface area contributed by atoms with Crippen molar-refractivity contribution in [1.82, 2.24) is 0 Å². The zero-order valence-corrected chi connectivity index (χ0v) is 6.77. The molecule has 0 aromatic heterocycles. The Morgan fingerprint density at radius 1 is 1.50 bits per heavy atom. The Balaban J connectivity index is 0.00000121. The smallest absolute Gasteiger partial charge is 0.340 e. The maximum atomic E-state index is 12.6. The molecule has 0 saturated heterocycles. The molecule has 12 heavy (non-hydrogen) atoms. The number of nitrogen functional groups attached to an aromatic ring is 1. The monoisotopic (exact) mass is 191 g/mol. The van der Waals surface area contributed by atoms with Crippen LogP contribution >= 0.6 is 12.4 Å². The minimum atomic E-state index is -1.35. The van der Waals surface area contributed by atoms with Gasteiger partial charge < -0.3 is 10.8 Å². The van der Waals surface area contributed by atoms with Gasteiger partial charge in [0.1, 0.15) is 11.4 Å². The van der Waals surface area contributed by atoms with E-state index in [-0.39, 0.29) is 18.1 Å². The maximum Gasteiger partial charge on any atom is 0.340 e. The molecule has 0 aliphatic heterocycles. The summed E-state index contributed by atoms with van der Waals surface area (Å²) in [5.41, 5.74) is 4.68. The van der Waals surface area contributed by atoms with Gasteiger partial charge in [0, 0.05) is 5.69 Å². The van der Waals surface area contributed by atoms with Gasteiger partial charge in [-0.2, -0.15) is 0 Å². The summed E-state index contributed by atoms with van der Waals surface area (Å²) in [4.78, 5) is 10.3. The highest BCUT2D eigenvalue weighted by Crippen LogP contribution is 2.14. The Kier molecular flexibility index (Phi) is 3.50. The Morgan fingerprint density at radius 3 is 2.42 bits per heavy atom. The van der Waals surface area contributed by atoms with Crippen LogP contribution in [0.25, 0.3) is 0 Å². The summed E-state index contributed by atoms with van der Waals surface area (Å²) in [7, 11) is 0. The van der Waals surface area contributed by atoms with E-state index in [1.54, 1.807) is 0 Å². The van der Waals surface area contributed by atoms with Crippen LogP contribution in [0.3, 0.4) is 0 Å². The van der Waals surface area contributed by atoms with Gasteiger partial charge in [-0.25, -0.2) is 9.18 Å². The second kappa shape index (κ2) is 3.92. The van der Waals surface area contributed by atoms with Gasteiger partial charge in [-0.1, -0.05) is 6.07 Å². The lowest BCUT2D eigenvalue weighted by molar-refractivity contribution is 0.0693. The normalized spacial score (nSPS) is 8.75. The van der Waals surface area contributed by atoms with Gasteiger partial charge in [0.15, 0.2) is 0 Å². The fraction of sp³-hybridized carbons (Fsp3) is 0. The molecule has 3 nitrogen and oxygen atoms in total. The lowest BCUT2D eigenvalue weighted by Crippen LogP contribution is -2.04. The van der Waals surface area contributed by atoms with E-state index in [4.69, 9.17) is 10.8 Å². The first-order chi connectivity index (χ1) is 5.13. The second-order valence-electron chi connectivity index (χ2n) is 2.01. The van der Waals surface area contributed by atoms with E-state index < -0.39 is 17.3 Å². The van der Waals surface area contributed by atoms with Crippen molar-refractivity contribution < 1.29 is 14.3 Å². The van der Waals surface area contributed by atoms with E-state index in [1.807, 2.05) is 0 Å². The summed E-state index contributed by atoms with van der Waals surface area (Å²) in [6.45, 7) is 0. The number of benzene rings is 1. The lowest BCUT2D eigenvalue weighted by atomic mass is 10.2. The largest absolute Gasteiger partial charge is 0.478 e. The number of anilines is 1. The molecule has 0 saturated carbocycles. The number of hydrogen-bond acceptors (Lipinski definition) is 2. The molecule has 1 rings (SSSR count). The van der Waals surface area contributed by atoms with Crippen molar-refractivity contribution in [1.29, 1.82) is 0 Å². The van der Waals surface area contributed by atoms with Crippen molar-refractivity contribution in [2.45, 2.75) is 0 Å². The number of hydrogen-bond donors (Lipinski definition) is 2. The molecule has 5 heteroatoms. The summed E-state index contributed by atoms with van der Waals surface area (Å²) in [6.07, 6.45) is 0. The molecule has 3 N–H and O–H groups in total. The number of halogens is 2. The average molecular weight is 192 g/mol. The SMILES string of the molecule is Cl.Nc1cccc(F)c1C(=O)O. The maximum absolute atomic E-state index is 12.6. The first-order valence-electron chi connectivity index (χ1n) is 2.90. The molecule has 1 aromatic carbocycles. The quantitative estimate of drug-likeness (QED) is 0.662. The van der Waals surface area contributed by atoms with E-state index in [0.717, 1.165) is 6.07 Å². The van der Waals surface area contributed by atoms with Crippen molar-refractivity contribution >= 4 is 24.1 Å². The van der Waals surface area contributed by atoms with E-state index in [1.165, 1.54) is 12.1 Å². The average Bonchev–Trinajstić information content (AvgIpc) is 1.85. The zero-order chi connectivity index (χ0) is 8.43. The number of rotatable bonds is 1. The number of carbonyl (C=O) groups is 1. The van der Waals surface area contributed by atoms with Crippen molar-refractivity contribution in [3.8, 4) is 0 Å². The minimum Gasteiger partial charge on any atom is -0.478 e. The minimum absolute atomic E-state index is 0. The lowest BCUT2D eigenvalue weighted by Gasteiger charge is -1.99. The number of aromatic carboxylic acids is 1. The van der Waals surface area contributed by atoms with Crippen LogP contribution in [-0.2, 0) is 0 Å². The summed E-state index contributed by atoms with van der Waals surface area (Å²) in [5.74, 6) is -2.15. The van der Waals surface area contributed by atoms with E-state index in [2.05, 4.69) is 0 Å². The van der Waals surface area contributed by atoms with Crippen molar-refractivity contribution in [3.63, 3.8) is 0 Å². The van der Waals surface area contributed by atoms with Gasteiger partial charge in [0.2, 0.25) is 0 Å². The molecule has 0 aliphatic rings. The number of carboxylic acid groups (broad SMARTS) is 1. The predicted octanol–water partition coefficient (Wildman–Crippen LogP) is 1.53. The molecule has 1 aromatic rings. The van der Waals surface area contributed by atoms with Crippen molar-refractivity contribution in [2.75, 3.05) is 5.73 Å². The highest BCUT2D eigenvalue weighted by molar-refractivity contribution is 5.93. The molecule has 0 fully saturated rings. The van der Waals surface area contributed by atoms with Crippen LogP contribution in [0.5, 0.6) is 0 Å². The highest BCUT2D eigenvalue weighted by Gasteiger charge is 2.12. The van der Waals surface area contributed by atoms with Gasteiger partial charge in [-0.3, -0.25) is 0 Å².